The monoisotopic (exact) mass is 332 g/mol. The average Bonchev–Trinajstić information content (AvgIpc) is 2.53. The van der Waals surface area contributed by atoms with Gasteiger partial charge in [0.1, 0.15) is 6.10 Å². The van der Waals surface area contributed by atoms with Crippen molar-refractivity contribution in [2.75, 3.05) is 0 Å². The van der Waals surface area contributed by atoms with Crippen molar-refractivity contribution in [2.24, 2.45) is 0 Å². The fraction of sp³-hybridized carbons (Fsp3) is 0.235. The molecule has 1 aliphatic rings. The Morgan fingerprint density at radius 3 is 2.46 bits per heavy atom. The minimum Gasteiger partial charge on any atom is -0.504 e. The van der Waals surface area contributed by atoms with Gasteiger partial charge in [0.25, 0.3) is 0 Å². The molecule has 0 fully saturated rings. The van der Waals surface area contributed by atoms with Crippen molar-refractivity contribution in [2.45, 2.75) is 25.6 Å². The van der Waals surface area contributed by atoms with Crippen LogP contribution in [0.2, 0.25) is 0 Å². The lowest BCUT2D eigenvalue weighted by atomic mass is 9.94. The first-order valence-electron chi connectivity index (χ1n) is 7.26. The van der Waals surface area contributed by atoms with E-state index in [1.807, 2.05) is 0 Å². The molecule has 24 heavy (non-hydrogen) atoms. The third-order valence-electron chi connectivity index (χ3n) is 3.84. The van der Waals surface area contributed by atoms with Crippen molar-refractivity contribution >= 4 is 5.97 Å². The first kappa shape index (κ1) is 15.8. The molecular weight excluding hydrogens is 316 g/mol. The van der Waals surface area contributed by atoms with Crippen LogP contribution in [0.4, 0.5) is 0 Å². The van der Waals surface area contributed by atoms with Gasteiger partial charge in [0, 0.05) is 24.5 Å². The Hall–Kier alpha value is -3.09. The van der Waals surface area contributed by atoms with Gasteiger partial charge in [0.2, 0.25) is 5.75 Å². The molecule has 7 heteroatoms. The van der Waals surface area contributed by atoms with Crippen LogP contribution in [0.1, 0.15) is 24.2 Å². The van der Waals surface area contributed by atoms with Crippen LogP contribution in [0, 0.1) is 0 Å². The molecule has 1 aliphatic heterocycles. The molecule has 2 atom stereocenters. The van der Waals surface area contributed by atoms with Gasteiger partial charge in [-0.1, -0.05) is 12.1 Å². The first-order chi connectivity index (χ1) is 11.4. The zero-order valence-electron chi connectivity index (χ0n) is 12.8. The molecule has 0 saturated carbocycles. The minimum absolute atomic E-state index is 0.0935. The van der Waals surface area contributed by atoms with Gasteiger partial charge in [0.05, 0.1) is 0 Å². The van der Waals surface area contributed by atoms with E-state index in [1.165, 1.54) is 31.2 Å². The number of fused-ring (bicyclic) bond motifs is 1. The van der Waals surface area contributed by atoms with Crippen LogP contribution in [0.25, 0.3) is 0 Å². The molecule has 126 valence electrons. The Balaban J connectivity index is 2.05. The maximum atomic E-state index is 11.4. The summed E-state index contributed by atoms with van der Waals surface area (Å²) in [7, 11) is 0. The molecule has 0 aromatic heterocycles. The molecule has 2 aromatic carbocycles. The Morgan fingerprint density at radius 1 is 1.08 bits per heavy atom. The number of carbonyl (C=O) groups excluding carboxylic acids is 1. The summed E-state index contributed by atoms with van der Waals surface area (Å²) in [5, 5.41) is 38.8. The third-order valence-corrected chi connectivity index (χ3v) is 3.84. The second-order valence-corrected chi connectivity index (χ2v) is 5.56. The molecule has 4 N–H and O–H groups in total. The number of hydrogen-bond donors (Lipinski definition) is 4. The summed E-state index contributed by atoms with van der Waals surface area (Å²) < 4.78 is 11.1. The molecule has 1 unspecified atom stereocenters. The van der Waals surface area contributed by atoms with Gasteiger partial charge >= 0.3 is 5.97 Å². The van der Waals surface area contributed by atoms with E-state index in [0.29, 0.717) is 11.1 Å². The highest BCUT2D eigenvalue weighted by molar-refractivity contribution is 5.66. The predicted octanol–water partition coefficient (Wildman–Crippen LogP) is 2.12. The second-order valence-electron chi connectivity index (χ2n) is 5.56. The highest BCUT2D eigenvalue weighted by atomic mass is 16.6. The minimum atomic E-state index is -0.819. The Bertz CT molecular complexity index is 800. The second kappa shape index (κ2) is 5.84. The van der Waals surface area contributed by atoms with Crippen molar-refractivity contribution in [1.29, 1.82) is 0 Å². The summed E-state index contributed by atoms with van der Waals surface area (Å²) >= 11 is 0. The van der Waals surface area contributed by atoms with E-state index in [1.54, 1.807) is 6.07 Å². The van der Waals surface area contributed by atoms with Crippen molar-refractivity contribution in [3.05, 3.63) is 41.5 Å². The molecular formula is C17H16O7. The molecule has 2 aromatic rings. The largest absolute Gasteiger partial charge is 0.504 e. The first-order valence-corrected chi connectivity index (χ1v) is 7.26. The number of ether oxygens (including phenoxy) is 2. The van der Waals surface area contributed by atoms with Crippen molar-refractivity contribution in [3.63, 3.8) is 0 Å². The zero-order valence-corrected chi connectivity index (χ0v) is 12.8. The molecule has 1 heterocycles. The van der Waals surface area contributed by atoms with E-state index in [4.69, 9.17) is 9.47 Å². The number of hydrogen-bond acceptors (Lipinski definition) is 7. The Morgan fingerprint density at radius 2 is 1.79 bits per heavy atom. The SMILES string of the molecule is CC(=O)O[C@@H]1Cc2ccc(O)c(O)c2OC1c1ccc(O)c(O)c1. The molecule has 0 radical (unpaired) electrons. The number of phenols is 4. The van der Waals surface area contributed by atoms with E-state index >= 15 is 0 Å². The number of esters is 1. The maximum absolute atomic E-state index is 11.4. The highest BCUT2D eigenvalue weighted by Crippen LogP contribution is 2.46. The summed E-state index contributed by atoms with van der Waals surface area (Å²) in [6, 6.07) is 7.00. The standard InChI is InChI=1S/C17H16O7/c1-8(18)23-14-7-10-3-5-12(20)15(22)17(10)24-16(14)9-2-4-11(19)13(21)6-9/h2-6,14,16,19-22H,7H2,1H3/t14-,16?/m1/s1. The fourth-order valence-electron chi connectivity index (χ4n) is 2.74. The van der Waals surface area contributed by atoms with Gasteiger partial charge in [-0.3, -0.25) is 4.79 Å². The maximum Gasteiger partial charge on any atom is 0.303 e. The topological polar surface area (TPSA) is 116 Å². The van der Waals surface area contributed by atoms with Crippen LogP contribution < -0.4 is 4.74 Å². The summed E-state index contributed by atoms with van der Waals surface area (Å²) in [5.74, 6) is -1.77. The van der Waals surface area contributed by atoms with Gasteiger partial charge in [-0.15, -0.1) is 0 Å². The summed E-state index contributed by atoms with van der Waals surface area (Å²) in [5.41, 5.74) is 1.03. The predicted molar refractivity (Wildman–Crippen MR) is 82.2 cm³/mol. The van der Waals surface area contributed by atoms with E-state index < -0.39 is 23.9 Å². The lowest BCUT2D eigenvalue weighted by Gasteiger charge is -2.33. The molecule has 7 nitrogen and oxygen atoms in total. The van der Waals surface area contributed by atoms with Gasteiger partial charge < -0.3 is 29.9 Å². The number of phenolic OH excluding ortho intramolecular Hbond substituents is 4. The lowest BCUT2D eigenvalue weighted by molar-refractivity contribution is -0.152. The van der Waals surface area contributed by atoms with E-state index in [0.717, 1.165) is 0 Å². The highest BCUT2D eigenvalue weighted by Gasteiger charge is 2.36. The van der Waals surface area contributed by atoms with Crippen LogP contribution in [0.5, 0.6) is 28.7 Å². The van der Waals surface area contributed by atoms with Gasteiger partial charge in [0.15, 0.2) is 29.1 Å². The number of benzene rings is 2. The lowest BCUT2D eigenvalue weighted by Crippen LogP contribution is -2.34. The summed E-state index contributed by atoms with van der Waals surface area (Å²) in [4.78, 5) is 11.4. The Labute approximate surface area is 137 Å². The molecule has 0 saturated heterocycles. The summed E-state index contributed by atoms with van der Waals surface area (Å²) in [6.07, 6.45) is -1.25. The Kier molecular flexibility index (Phi) is 3.84. The van der Waals surface area contributed by atoms with E-state index in [2.05, 4.69) is 0 Å². The average molecular weight is 332 g/mol. The summed E-state index contributed by atoms with van der Waals surface area (Å²) in [6.45, 7) is 1.27. The van der Waals surface area contributed by atoms with E-state index in [9.17, 15) is 25.2 Å². The van der Waals surface area contributed by atoms with Crippen LogP contribution in [0.15, 0.2) is 30.3 Å². The van der Waals surface area contributed by atoms with Gasteiger partial charge in [-0.05, 0) is 18.2 Å². The number of rotatable bonds is 2. The van der Waals surface area contributed by atoms with Crippen LogP contribution in [-0.2, 0) is 16.0 Å². The number of carbonyl (C=O) groups is 1. The molecule has 0 bridgehead atoms. The normalized spacial score (nSPS) is 19.2. The molecule has 3 rings (SSSR count). The van der Waals surface area contributed by atoms with E-state index in [-0.39, 0.29) is 29.4 Å². The van der Waals surface area contributed by atoms with Crippen molar-refractivity contribution in [3.8, 4) is 28.7 Å². The molecule has 0 aliphatic carbocycles. The van der Waals surface area contributed by atoms with Crippen LogP contribution in [0.3, 0.4) is 0 Å². The van der Waals surface area contributed by atoms with Gasteiger partial charge in [-0.2, -0.15) is 0 Å². The van der Waals surface area contributed by atoms with Gasteiger partial charge in [-0.25, -0.2) is 0 Å². The zero-order chi connectivity index (χ0) is 17.4. The quantitative estimate of drug-likeness (QED) is 0.491. The smallest absolute Gasteiger partial charge is 0.303 e. The van der Waals surface area contributed by atoms with Crippen LogP contribution in [-0.4, -0.2) is 32.5 Å². The molecule has 0 spiro atoms. The fourth-order valence-corrected chi connectivity index (χ4v) is 2.74. The van der Waals surface area contributed by atoms with Crippen molar-refractivity contribution in [1.82, 2.24) is 0 Å². The number of aromatic hydroxyl groups is 4. The third kappa shape index (κ3) is 2.76. The van der Waals surface area contributed by atoms with Crippen molar-refractivity contribution < 1.29 is 34.7 Å². The molecule has 0 amide bonds. The van der Waals surface area contributed by atoms with Crippen LogP contribution >= 0.6 is 0 Å².